The van der Waals surface area contributed by atoms with Crippen LogP contribution in [-0.4, -0.2) is 58.9 Å². The van der Waals surface area contributed by atoms with Crippen molar-refractivity contribution in [1.82, 2.24) is 4.90 Å². The number of hydrogen-bond acceptors (Lipinski definition) is 5. The molecule has 1 aliphatic heterocycles. The molecule has 0 radical (unpaired) electrons. The Morgan fingerprint density at radius 1 is 1.38 bits per heavy atom. The highest BCUT2D eigenvalue weighted by molar-refractivity contribution is 5.97. The first-order chi connectivity index (χ1) is 11.5. The Bertz CT molecular complexity index is 630. The zero-order valence-electron chi connectivity index (χ0n) is 13.5. The van der Waals surface area contributed by atoms with E-state index in [9.17, 15) is 19.8 Å². The van der Waals surface area contributed by atoms with Gasteiger partial charge in [-0.05, 0) is 25.1 Å². The van der Waals surface area contributed by atoms with E-state index >= 15 is 0 Å². The van der Waals surface area contributed by atoms with Crippen molar-refractivity contribution in [3.05, 3.63) is 36.4 Å². The number of rotatable bonds is 7. The summed E-state index contributed by atoms with van der Waals surface area (Å²) >= 11 is 0. The molecule has 1 heterocycles. The fourth-order valence-electron chi connectivity index (χ4n) is 2.62. The van der Waals surface area contributed by atoms with Gasteiger partial charge in [0.05, 0.1) is 12.7 Å². The minimum atomic E-state index is -1.13. The lowest BCUT2D eigenvalue weighted by atomic mass is 10.1. The van der Waals surface area contributed by atoms with E-state index in [0.717, 1.165) is 0 Å². The summed E-state index contributed by atoms with van der Waals surface area (Å²) in [6, 6.07) is 3.64. The minimum absolute atomic E-state index is 0.00547. The lowest BCUT2D eigenvalue weighted by Gasteiger charge is -2.22. The van der Waals surface area contributed by atoms with E-state index in [1.807, 2.05) is 6.92 Å². The van der Waals surface area contributed by atoms with Crippen molar-refractivity contribution in [3.8, 4) is 11.5 Å². The maximum absolute atomic E-state index is 12.6. The second-order valence-corrected chi connectivity index (χ2v) is 5.40. The molecule has 0 saturated carbocycles. The van der Waals surface area contributed by atoms with Gasteiger partial charge >= 0.3 is 5.97 Å². The molecule has 1 amide bonds. The van der Waals surface area contributed by atoms with Gasteiger partial charge in [0.25, 0.3) is 5.91 Å². The second-order valence-electron chi connectivity index (χ2n) is 5.40. The van der Waals surface area contributed by atoms with Crippen LogP contribution in [0.5, 0.6) is 11.5 Å². The molecule has 0 aliphatic carbocycles. The predicted molar refractivity (Wildman–Crippen MR) is 86.4 cm³/mol. The standard InChI is InChI=1S/C17H21NO6/c1-3-7-24-14-6-5-11(8-15(14)23-4-2)16(20)18-10-12(19)9-13(18)17(21)22/h3,5-6,8,12-13,19H,1,4,7,9-10H2,2H3,(H,21,22)/t12-,13+/m0/s1. The Kier molecular flexibility index (Phi) is 5.81. The topological polar surface area (TPSA) is 96.3 Å². The van der Waals surface area contributed by atoms with Crippen molar-refractivity contribution < 1.29 is 29.3 Å². The normalized spacial score (nSPS) is 19.8. The number of aliphatic carboxylic acids is 1. The number of hydrogen-bond donors (Lipinski definition) is 2. The first kappa shape index (κ1) is 17.8. The summed E-state index contributed by atoms with van der Waals surface area (Å²) in [5.74, 6) is -0.715. The van der Waals surface area contributed by atoms with Crippen LogP contribution in [0.1, 0.15) is 23.7 Å². The summed E-state index contributed by atoms with van der Waals surface area (Å²) in [4.78, 5) is 25.1. The van der Waals surface area contributed by atoms with Crippen LogP contribution in [0.2, 0.25) is 0 Å². The van der Waals surface area contributed by atoms with E-state index in [4.69, 9.17) is 9.47 Å². The van der Waals surface area contributed by atoms with E-state index < -0.39 is 24.0 Å². The van der Waals surface area contributed by atoms with Crippen molar-refractivity contribution in [1.29, 1.82) is 0 Å². The van der Waals surface area contributed by atoms with Crippen molar-refractivity contribution in [2.24, 2.45) is 0 Å². The first-order valence-corrected chi connectivity index (χ1v) is 7.70. The lowest BCUT2D eigenvalue weighted by Crippen LogP contribution is -2.40. The van der Waals surface area contributed by atoms with Gasteiger partial charge in [-0.1, -0.05) is 12.7 Å². The summed E-state index contributed by atoms with van der Waals surface area (Å²) in [5, 5.41) is 18.9. The Morgan fingerprint density at radius 2 is 2.12 bits per heavy atom. The van der Waals surface area contributed by atoms with Crippen LogP contribution in [-0.2, 0) is 4.79 Å². The quantitative estimate of drug-likeness (QED) is 0.729. The molecule has 2 atom stereocenters. The third-order valence-electron chi connectivity index (χ3n) is 3.67. The molecule has 7 heteroatoms. The van der Waals surface area contributed by atoms with Gasteiger partial charge in [-0.3, -0.25) is 4.79 Å². The second kappa shape index (κ2) is 7.83. The fraction of sp³-hybridized carbons (Fsp3) is 0.412. The molecule has 1 aromatic rings. The molecule has 1 aliphatic rings. The lowest BCUT2D eigenvalue weighted by molar-refractivity contribution is -0.141. The molecule has 2 rings (SSSR count). The number of nitrogens with zero attached hydrogens (tertiary/aromatic N) is 1. The highest BCUT2D eigenvalue weighted by Gasteiger charge is 2.39. The molecule has 1 aromatic carbocycles. The van der Waals surface area contributed by atoms with Crippen LogP contribution in [0.3, 0.4) is 0 Å². The highest BCUT2D eigenvalue weighted by atomic mass is 16.5. The third-order valence-corrected chi connectivity index (χ3v) is 3.67. The molecule has 2 N–H and O–H groups in total. The van der Waals surface area contributed by atoms with Gasteiger partial charge < -0.3 is 24.6 Å². The highest BCUT2D eigenvalue weighted by Crippen LogP contribution is 2.30. The van der Waals surface area contributed by atoms with E-state index in [1.165, 1.54) is 11.0 Å². The number of carbonyl (C=O) groups is 2. The van der Waals surface area contributed by atoms with Crippen molar-refractivity contribution >= 4 is 11.9 Å². The number of β-amino-alcohol motifs (C(OH)–C–C–N with tert-alkyl or cyclic N) is 1. The molecule has 1 fully saturated rings. The van der Waals surface area contributed by atoms with Crippen LogP contribution in [0.25, 0.3) is 0 Å². The number of aliphatic hydroxyl groups is 1. The third kappa shape index (κ3) is 3.86. The molecular weight excluding hydrogens is 314 g/mol. The number of carboxylic acid groups (broad SMARTS) is 1. The molecule has 0 spiro atoms. The molecule has 1 saturated heterocycles. The fourth-order valence-corrected chi connectivity index (χ4v) is 2.62. The SMILES string of the molecule is C=CCOc1ccc(C(=O)N2C[C@@H](O)C[C@@H]2C(=O)O)cc1OCC. The summed E-state index contributed by atoms with van der Waals surface area (Å²) in [5.41, 5.74) is 0.282. The van der Waals surface area contributed by atoms with Crippen LogP contribution in [0, 0.1) is 0 Å². The van der Waals surface area contributed by atoms with Crippen molar-refractivity contribution in [2.45, 2.75) is 25.5 Å². The van der Waals surface area contributed by atoms with Gasteiger partial charge in [0.1, 0.15) is 12.6 Å². The number of amides is 1. The van der Waals surface area contributed by atoms with Gasteiger partial charge in [0.2, 0.25) is 0 Å². The Hall–Kier alpha value is -2.54. The zero-order valence-corrected chi connectivity index (χ0v) is 13.5. The van der Waals surface area contributed by atoms with Crippen LogP contribution >= 0.6 is 0 Å². The maximum Gasteiger partial charge on any atom is 0.326 e. The van der Waals surface area contributed by atoms with Gasteiger partial charge in [0.15, 0.2) is 11.5 Å². The van der Waals surface area contributed by atoms with Gasteiger partial charge in [0, 0.05) is 18.5 Å². The van der Waals surface area contributed by atoms with Crippen LogP contribution in [0.15, 0.2) is 30.9 Å². The van der Waals surface area contributed by atoms with E-state index in [2.05, 4.69) is 6.58 Å². The van der Waals surface area contributed by atoms with Crippen LogP contribution in [0.4, 0.5) is 0 Å². The van der Waals surface area contributed by atoms with Crippen molar-refractivity contribution in [2.75, 3.05) is 19.8 Å². The summed E-state index contributed by atoms with van der Waals surface area (Å²) in [7, 11) is 0. The summed E-state index contributed by atoms with van der Waals surface area (Å²) < 4.78 is 11.0. The summed E-state index contributed by atoms with van der Waals surface area (Å²) in [6.07, 6.45) is 0.786. The van der Waals surface area contributed by atoms with Gasteiger partial charge in [-0.25, -0.2) is 4.79 Å². The van der Waals surface area contributed by atoms with Gasteiger partial charge in [-0.2, -0.15) is 0 Å². The van der Waals surface area contributed by atoms with E-state index in [0.29, 0.717) is 24.7 Å². The van der Waals surface area contributed by atoms with Crippen molar-refractivity contribution in [3.63, 3.8) is 0 Å². The Balaban J connectivity index is 2.27. The maximum atomic E-state index is 12.6. The van der Waals surface area contributed by atoms with E-state index in [1.54, 1.807) is 18.2 Å². The molecule has 7 nitrogen and oxygen atoms in total. The number of ether oxygens (including phenoxy) is 2. The minimum Gasteiger partial charge on any atom is -0.490 e. The summed E-state index contributed by atoms with van der Waals surface area (Å²) in [6.45, 7) is 6.07. The first-order valence-electron chi connectivity index (χ1n) is 7.70. The monoisotopic (exact) mass is 335 g/mol. The van der Waals surface area contributed by atoms with Crippen LogP contribution < -0.4 is 9.47 Å². The Labute approximate surface area is 140 Å². The zero-order chi connectivity index (χ0) is 17.7. The molecule has 0 aromatic heterocycles. The number of carbonyl (C=O) groups excluding carboxylic acids is 1. The number of carboxylic acids is 1. The smallest absolute Gasteiger partial charge is 0.326 e. The molecule has 0 bridgehead atoms. The Morgan fingerprint density at radius 3 is 2.75 bits per heavy atom. The molecule has 24 heavy (non-hydrogen) atoms. The van der Waals surface area contributed by atoms with E-state index in [-0.39, 0.29) is 18.5 Å². The average Bonchev–Trinajstić information content (AvgIpc) is 2.95. The number of likely N-dealkylation sites (tertiary alicyclic amines) is 1. The molecular formula is C17H21NO6. The average molecular weight is 335 g/mol. The number of aliphatic hydroxyl groups excluding tert-OH is 1. The number of benzene rings is 1. The van der Waals surface area contributed by atoms with Gasteiger partial charge in [-0.15, -0.1) is 0 Å². The predicted octanol–water partition coefficient (Wildman–Crippen LogP) is 1.31. The largest absolute Gasteiger partial charge is 0.490 e. The molecule has 0 unspecified atom stereocenters. The molecule has 130 valence electrons.